The third kappa shape index (κ3) is 7.74. The van der Waals surface area contributed by atoms with Gasteiger partial charge in [0.15, 0.2) is 11.0 Å². The van der Waals surface area contributed by atoms with E-state index in [1.54, 1.807) is 20.8 Å². The number of esters is 1. The van der Waals surface area contributed by atoms with Gasteiger partial charge >= 0.3 is 5.97 Å². The van der Waals surface area contributed by atoms with Gasteiger partial charge in [-0.05, 0) is 39.3 Å². The first kappa shape index (κ1) is 19.1. The van der Waals surface area contributed by atoms with Crippen LogP contribution in [0.4, 0.5) is 4.39 Å². The van der Waals surface area contributed by atoms with Crippen LogP contribution in [-0.2, 0) is 14.3 Å². The molecule has 1 aromatic heterocycles. The Labute approximate surface area is 139 Å². The van der Waals surface area contributed by atoms with Gasteiger partial charge in [-0.3, -0.25) is 9.59 Å². The van der Waals surface area contributed by atoms with Crippen LogP contribution in [0.2, 0.25) is 5.15 Å². The van der Waals surface area contributed by atoms with Crippen molar-refractivity contribution in [3.8, 4) is 0 Å². The van der Waals surface area contributed by atoms with E-state index in [0.29, 0.717) is 13.0 Å². The second kappa shape index (κ2) is 8.62. The van der Waals surface area contributed by atoms with Crippen LogP contribution >= 0.6 is 11.6 Å². The number of hydrogen-bond donors (Lipinski definition) is 1. The Morgan fingerprint density at radius 2 is 2.13 bits per heavy atom. The molecule has 1 rings (SSSR count). The maximum Gasteiger partial charge on any atom is 0.306 e. The summed E-state index contributed by atoms with van der Waals surface area (Å²) in [6.07, 6.45) is 4.54. The Hall–Kier alpha value is -1.95. The summed E-state index contributed by atoms with van der Waals surface area (Å²) in [5.74, 6) is -1.37. The first-order chi connectivity index (χ1) is 10.7. The zero-order valence-corrected chi connectivity index (χ0v) is 14.1. The van der Waals surface area contributed by atoms with E-state index in [1.807, 2.05) is 0 Å². The molecule has 0 aliphatic carbocycles. The zero-order chi connectivity index (χ0) is 17.5. The monoisotopic (exact) mass is 342 g/mol. The van der Waals surface area contributed by atoms with Gasteiger partial charge in [0.1, 0.15) is 5.60 Å². The number of ether oxygens (including phenoxy) is 1. The lowest BCUT2D eigenvalue weighted by Crippen LogP contribution is -2.26. The highest BCUT2D eigenvalue weighted by atomic mass is 35.5. The topological polar surface area (TPSA) is 68.3 Å². The van der Waals surface area contributed by atoms with Crippen LogP contribution in [0.5, 0.6) is 0 Å². The minimum atomic E-state index is -0.678. The molecule has 126 valence electrons. The molecule has 5 nitrogen and oxygen atoms in total. The Morgan fingerprint density at radius 1 is 1.43 bits per heavy atom. The average Bonchev–Trinajstić information content (AvgIpc) is 2.43. The summed E-state index contributed by atoms with van der Waals surface area (Å²) in [5.41, 5.74) is -0.340. The second-order valence-electron chi connectivity index (χ2n) is 5.82. The molecular formula is C16H20ClFN2O3. The molecule has 0 radical (unpaired) electrons. The Morgan fingerprint density at radius 3 is 2.78 bits per heavy atom. The summed E-state index contributed by atoms with van der Waals surface area (Å²) in [6, 6.07) is 1.41. The predicted molar refractivity (Wildman–Crippen MR) is 86.3 cm³/mol. The lowest BCUT2D eigenvalue weighted by atomic mass is 10.2. The van der Waals surface area contributed by atoms with E-state index in [2.05, 4.69) is 10.3 Å². The van der Waals surface area contributed by atoms with Gasteiger partial charge in [-0.15, -0.1) is 0 Å². The van der Waals surface area contributed by atoms with Crippen molar-refractivity contribution in [1.29, 1.82) is 0 Å². The third-order valence-electron chi connectivity index (χ3n) is 2.57. The number of carbonyl (C=O) groups is 2. The van der Waals surface area contributed by atoms with Crippen molar-refractivity contribution >= 4 is 29.6 Å². The van der Waals surface area contributed by atoms with Gasteiger partial charge < -0.3 is 10.1 Å². The summed E-state index contributed by atoms with van der Waals surface area (Å²) < 4.78 is 18.7. The lowest BCUT2D eigenvalue weighted by Gasteiger charge is -2.19. The van der Waals surface area contributed by atoms with Crippen molar-refractivity contribution in [2.45, 2.75) is 39.2 Å². The van der Waals surface area contributed by atoms with Crippen LogP contribution in [0.15, 0.2) is 18.3 Å². The zero-order valence-electron chi connectivity index (χ0n) is 13.4. The Kier molecular flexibility index (Phi) is 7.16. The Bertz CT molecular complexity index is 597. The van der Waals surface area contributed by atoms with Gasteiger partial charge in [0.2, 0.25) is 5.91 Å². The molecule has 0 unspecified atom stereocenters. The molecule has 0 aliphatic rings. The standard InChI is InChI=1S/C16H20ClFN2O3/c1-16(2,3)23-13(22)5-4-9-19-12(21)7-6-11-8-10-20-15(17)14(11)18/h6-8,10H,4-5,9H2,1-3H3,(H,19,21)/b7-6+. The lowest BCUT2D eigenvalue weighted by molar-refractivity contribution is -0.154. The molecular weight excluding hydrogens is 323 g/mol. The number of halogens is 2. The van der Waals surface area contributed by atoms with Crippen LogP contribution < -0.4 is 5.32 Å². The van der Waals surface area contributed by atoms with Crippen molar-refractivity contribution < 1.29 is 18.7 Å². The van der Waals surface area contributed by atoms with Crippen molar-refractivity contribution in [2.24, 2.45) is 0 Å². The van der Waals surface area contributed by atoms with E-state index < -0.39 is 11.4 Å². The number of nitrogens with zero attached hydrogens (tertiary/aromatic N) is 1. The molecule has 1 amide bonds. The minimum Gasteiger partial charge on any atom is -0.460 e. The van der Waals surface area contributed by atoms with E-state index in [1.165, 1.54) is 24.4 Å². The largest absolute Gasteiger partial charge is 0.460 e. The first-order valence-electron chi connectivity index (χ1n) is 7.17. The van der Waals surface area contributed by atoms with Crippen molar-refractivity contribution in [3.05, 3.63) is 34.9 Å². The molecule has 0 atom stereocenters. The smallest absolute Gasteiger partial charge is 0.306 e. The van der Waals surface area contributed by atoms with Gasteiger partial charge in [-0.1, -0.05) is 11.6 Å². The fraction of sp³-hybridized carbons (Fsp3) is 0.438. The maximum absolute atomic E-state index is 13.6. The summed E-state index contributed by atoms with van der Waals surface area (Å²) in [5, 5.41) is 2.36. The summed E-state index contributed by atoms with van der Waals surface area (Å²) in [7, 11) is 0. The van der Waals surface area contributed by atoms with E-state index in [-0.39, 0.29) is 29.0 Å². The Balaban J connectivity index is 2.34. The molecule has 0 aromatic carbocycles. The molecule has 0 aliphatic heterocycles. The fourth-order valence-electron chi connectivity index (χ4n) is 1.62. The quantitative estimate of drug-likeness (QED) is 0.373. The fourth-order valence-corrected chi connectivity index (χ4v) is 1.79. The summed E-state index contributed by atoms with van der Waals surface area (Å²) in [6.45, 7) is 5.70. The third-order valence-corrected chi connectivity index (χ3v) is 2.83. The maximum atomic E-state index is 13.6. The van der Waals surface area contributed by atoms with Crippen LogP contribution in [0.25, 0.3) is 6.08 Å². The molecule has 0 saturated carbocycles. The van der Waals surface area contributed by atoms with Crippen molar-refractivity contribution in [1.82, 2.24) is 10.3 Å². The number of rotatable bonds is 6. The number of carbonyl (C=O) groups excluding carboxylic acids is 2. The average molecular weight is 343 g/mol. The van der Waals surface area contributed by atoms with Gasteiger partial charge in [-0.2, -0.15) is 0 Å². The highest BCUT2D eigenvalue weighted by Gasteiger charge is 2.15. The van der Waals surface area contributed by atoms with Gasteiger partial charge in [-0.25, -0.2) is 9.37 Å². The van der Waals surface area contributed by atoms with E-state index in [9.17, 15) is 14.0 Å². The van der Waals surface area contributed by atoms with Crippen molar-refractivity contribution in [3.63, 3.8) is 0 Å². The van der Waals surface area contributed by atoms with Crippen LogP contribution in [0.3, 0.4) is 0 Å². The predicted octanol–water partition coefficient (Wildman–Crippen LogP) is 3.13. The van der Waals surface area contributed by atoms with E-state index in [0.717, 1.165) is 0 Å². The highest BCUT2D eigenvalue weighted by molar-refractivity contribution is 6.29. The summed E-state index contributed by atoms with van der Waals surface area (Å²) in [4.78, 5) is 26.7. The molecule has 1 aromatic rings. The number of aromatic nitrogens is 1. The van der Waals surface area contributed by atoms with Crippen LogP contribution in [0.1, 0.15) is 39.2 Å². The SMILES string of the molecule is CC(C)(C)OC(=O)CCCNC(=O)/C=C/c1ccnc(Cl)c1F. The molecule has 7 heteroatoms. The molecule has 0 bridgehead atoms. The molecule has 23 heavy (non-hydrogen) atoms. The highest BCUT2D eigenvalue weighted by Crippen LogP contribution is 2.16. The normalized spacial score (nSPS) is 11.5. The molecule has 1 N–H and O–H groups in total. The van der Waals surface area contributed by atoms with E-state index in [4.69, 9.17) is 16.3 Å². The molecule has 0 spiro atoms. The first-order valence-corrected chi connectivity index (χ1v) is 7.54. The summed E-state index contributed by atoms with van der Waals surface area (Å²) >= 11 is 5.54. The van der Waals surface area contributed by atoms with Crippen LogP contribution in [0, 0.1) is 5.82 Å². The van der Waals surface area contributed by atoms with Crippen LogP contribution in [-0.4, -0.2) is 29.0 Å². The van der Waals surface area contributed by atoms with Gasteiger partial charge in [0.05, 0.1) is 0 Å². The molecule has 0 saturated heterocycles. The van der Waals surface area contributed by atoms with Gasteiger partial charge in [0.25, 0.3) is 0 Å². The van der Waals surface area contributed by atoms with E-state index >= 15 is 0 Å². The second-order valence-corrected chi connectivity index (χ2v) is 6.18. The van der Waals surface area contributed by atoms with Crippen molar-refractivity contribution in [2.75, 3.05) is 6.54 Å². The number of nitrogens with one attached hydrogen (secondary N) is 1. The molecule has 0 fully saturated rings. The minimum absolute atomic E-state index is 0.175. The number of hydrogen-bond acceptors (Lipinski definition) is 4. The number of amides is 1. The number of pyridine rings is 1. The van der Waals surface area contributed by atoms with Gasteiger partial charge in [0, 0.05) is 30.8 Å². The molecule has 1 heterocycles.